The van der Waals surface area contributed by atoms with E-state index in [0.29, 0.717) is 12.3 Å². The summed E-state index contributed by atoms with van der Waals surface area (Å²) in [6, 6.07) is 0.0861. The smallest absolute Gasteiger partial charge is 0.318 e. The molecule has 2 N–H and O–H groups in total. The van der Waals surface area contributed by atoms with Crippen LogP contribution in [0, 0.1) is 11.8 Å². The van der Waals surface area contributed by atoms with E-state index in [-0.39, 0.29) is 30.1 Å². The maximum absolute atomic E-state index is 12.4. The van der Waals surface area contributed by atoms with Crippen molar-refractivity contribution < 1.29 is 14.7 Å². The van der Waals surface area contributed by atoms with Crippen LogP contribution in [-0.4, -0.2) is 40.1 Å². The number of hydrogen-bond acceptors (Lipinski definition) is 2. The van der Waals surface area contributed by atoms with Gasteiger partial charge in [-0.05, 0) is 38.5 Å². The summed E-state index contributed by atoms with van der Waals surface area (Å²) in [5.74, 6) is -0.542. The lowest BCUT2D eigenvalue weighted by Gasteiger charge is -2.26. The lowest BCUT2D eigenvalue weighted by atomic mass is 9.89. The first-order chi connectivity index (χ1) is 9.43. The highest BCUT2D eigenvalue weighted by Crippen LogP contribution is 2.41. The molecule has 0 saturated carbocycles. The molecule has 5 heteroatoms. The Labute approximate surface area is 120 Å². The average molecular weight is 282 g/mol. The highest BCUT2D eigenvalue weighted by molar-refractivity contribution is 5.79. The van der Waals surface area contributed by atoms with E-state index in [1.807, 2.05) is 6.92 Å². The van der Waals surface area contributed by atoms with Crippen LogP contribution < -0.4 is 5.32 Å². The molecule has 2 aliphatic heterocycles. The van der Waals surface area contributed by atoms with Gasteiger partial charge in [0, 0.05) is 18.1 Å². The topological polar surface area (TPSA) is 69.6 Å². The van der Waals surface area contributed by atoms with Gasteiger partial charge in [-0.25, -0.2) is 4.79 Å². The molecule has 2 rings (SSSR count). The number of rotatable bonds is 5. The maximum Gasteiger partial charge on any atom is 0.318 e. The molecule has 0 aromatic carbocycles. The highest BCUT2D eigenvalue weighted by atomic mass is 16.4. The van der Waals surface area contributed by atoms with E-state index in [9.17, 15) is 14.7 Å². The SMILES string of the molecule is CCC(C)CC(C)NC(=O)N1C2CCC1C(C(=O)O)C2. The van der Waals surface area contributed by atoms with Crippen LogP contribution in [0.1, 0.15) is 52.9 Å². The minimum Gasteiger partial charge on any atom is -0.481 e. The molecule has 2 aliphatic rings. The number of carbonyl (C=O) groups excluding carboxylic acids is 1. The Morgan fingerprint density at radius 2 is 2.05 bits per heavy atom. The number of fused-ring (bicyclic) bond motifs is 2. The number of carboxylic acid groups (broad SMARTS) is 1. The number of aliphatic carboxylic acids is 1. The molecule has 0 aliphatic carbocycles. The van der Waals surface area contributed by atoms with Gasteiger partial charge < -0.3 is 15.3 Å². The number of amides is 2. The van der Waals surface area contributed by atoms with Crippen LogP contribution in [0.5, 0.6) is 0 Å². The van der Waals surface area contributed by atoms with Crippen molar-refractivity contribution in [3.63, 3.8) is 0 Å². The first-order valence-corrected chi connectivity index (χ1v) is 7.75. The van der Waals surface area contributed by atoms with Crippen molar-refractivity contribution in [2.75, 3.05) is 0 Å². The molecule has 2 bridgehead atoms. The Hall–Kier alpha value is -1.26. The fourth-order valence-electron chi connectivity index (χ4n) is 3.69. The highest BCUT2D eigenvalue weighted by Gasteiger charge is 2.51. The fourth-order valence-corrected chi connectivity index (χ4v) is 3.69. The molecular formula is C15H26N2O3. The van der Waals surface area contributed by atoms with Crippen LogP contribution in [0.15, 0.2) is 0 Å². The van der Waals surface area contributed by atoms with Gasteiger partial charge in [0.2, 0.25) is 0 Å². The number of nitrogens with zero attached hydrogens (tertiary/aromatic N) is 1. The minimum absolute atomic E-state index is 0.0722. The number of urea groups is 1. The van der Waals surface area contributed by atoms with Gasteiger partial charge in [0.1, 0.15) is 0 Å². The third kappa shape index (κ3) is 2.91. The van der Waals surface area contributed by atoms with Gasteiger partial charge in [-0.3, -0.25) is 4.79 Å². The third-order valence-corrected chi connectivity index (χ3v) is 4.91. The molecular weight excluding hydrogens is 256 g/mol. The van der Waals surface area contributed by atoms with Crippen LogP contribution >= 0.6 is 0 Å². The number of nitrogens with one attached hydrogen (secondary N) is 1. The second-order valence-electron chi connectivity index (χ2n) is 6.49. The maximum atomic E-state index is 12.4. The zero-order chi connectivity index (χ0) is 14.9. The van der Waals surface area contributed by atoms with Crippen molar-refractivity contribution in [3.05, 3.63) is 0 Å². The summed E-state index contributed by atoms with van der Waals surface area (Å²) in [6.07, 6.45) is 4.47. The van der Waals surface area contributed by atoms with Gasteiger partial charge in [-0.15, -0.1) is 0 Å². The zero-order valence-electron chi connectivity index (χ0n) is 12.6. The number of hydrogen-bond donors (Lipinski definition) is 2. The quantitative estimate of drug-likeness (QED) is 0.813. The summed E-state index contributed by atoms with van der Waals surface area (Å²) in [4.78, 5) is 25.4. The van der Waals surface area contributed by atoms with E-state index < -0.39 is 5.97 Å². The molecule has 2 fully saturated rings. The van der Waals surface area contributed by atoms with E-state index in [4.69, 9.17) is 0 Å². The molecule has 0 aromatic rings. The summed E-state index contributed by atoms with van der Waals surface area (Å²) in [7, 11) is 0. The predicted octanol–water partition coefficient (Wildman–Crippen LogP) is 2.46. The molecule has 2 heterocycles. The van der Waals surface area contributed by atoms with Crippen molar-refractivity contribution in [1.82, 2.24) is 10.2 Å². The average Bonchev–Trinajstić information content (AvgIpc) is 2.95. The molecule has 0 spiro atoms. The predicted molar refractivity (Wildman–Crippen MR) is 76.5 cm³/mol. The molecule has 2 amide bonds. The van der Waals surface area contributed by atoms with Gasteiger partial charge in [0.25, 0.3) is 0 Å². The first kappa shape index (κ1) is 15.1. The van der Waals surface area contributed by atoms with Gasteiger partial charge in [0.05, 0.1) is 5.92 Å². The molecule has 0 aromatic heterocycles. The van der Waals surface area contributed by atoms with Crippen LogP contribution in [0.3, 0.4) is 0 Å². The normalized spacial score (nSPS) is 31.1. The molecule has 0 radical (unpaired) electrons. The standard InChI is InChI=1S/C15H26N2O3/c1-4-9(2)7-10(3)16-15(20)17-11-5-6-13(17)12(8-11)14(18)19/h9-13H,4-8H2,1-3H3,(H,16,20)(H,18,19). The van der Waals surface area contributed by atoms with Crippen molar-refractivity contribution in [2.24, 2.45) is 11.8 Å². The summed E-state index contributed by atoms with van der Waals surface area (Å²) in [6.45, 7) is 6.36. The molecule has 5 nitrogen and oxygen atoms in total. The van der Waals surface area contributed by atoms with Gasteiger partial charge >= 0.3 is 12.0 Å². The Kier molecular flexibility index (Phi) is 4.55. The number of carboxylic acids is 1. The van der Waals surface area contributed by atoms with Crippen LogP contribution in [-0.2, 0) is 4.79 Å². The summed E-state index contributed by atoms with van der Waals surface area (Å²) >= 11 is 0. The van der Waals surface area contributed by atoms with E-state index in [2.05, 4.69) is 19.2 Å². The Morgan fingerprint density at radius 1 is 1.35 bits per heavy atom. The van der Waals surface area contributed by atoms with Crippen molar-refractivity contribution in [1.29, 1.82) is 0 Å². The third-order valence-electron chi connectivity index (χ3n) is 4.91. The largest absolute Gasteiger partial charge is 0.481 e. The van der Waals surface area contributed by atoms with Gasteiger partial charge in [-0.2, -0.15) is 0 Å². The number of carbonyl (C=O) groups is 2. The summed E-state index contributed by atoms with van der Waals surface area (Å²) in [5, 5.41) is 12.3. The second kappa shape index (κ2) is 6.02. The first-order valence-electron chi connectivity index (χ1n) is 7.75. The second-order valence-corrected chi connectivity index (χ2v) is 6.49. The molecule has 2 saturated heterocycles. The van der Waals surface area contributed by atoms with Crippen LogP contribution in [0.25, 0.3) is 0 Å². The minimum atomic E-state index is -0.761. The van der Waals surface area contributed by atoms with E-state index in [1.165, 1.54) is 0 Å². The van der Waals surface area contributed by atoms with E-state index in [1.54, 1.807) is 4.90 Å². The van der Waals surface area contributed by atoms with E-state index in [0.717, 1.165) is 25.7 Å². The van der Waals surface area contributed by atoms with E-state index >= 15 is 0 Å². The van der Waals surface area contributed by atoms with Gasteiger partial charge in [-0.1, -0.05) is 20.3 Å². The monoisotopic (exact) mass is 282 g/mol. The van der Waals surface area contributed by atoms with Crippen molar-refractivity contribution in [2.45, 2.75) is 71.0 Å². The Bertz CT molecular complexity index is 385. The molecule has 5 atom stereocenters. The summed E-state index contributed by atoms with van der Waals surface area (Å²) in [5.41, 5.74) is 0. The Morgan fingerprint density at radius 3 is 2.60 bits per heavy atom. The molecule has 114 valence electrons. The van der Waals surface area contributed by atoms with Gasteiger partial charge in [0.15, 0.2) is 0 Å². The lowest BCUT2D eigenvalue weighted by Crippen LogP contribution is -2.47. The summed E-state index contributed by atoms with van der Waals surface area (Å²) < 4.78 is 0. The van der Waals surface area contributed by atoms with Crippen LogP contribution in [0.4, 0.5) is 4.79 Å². The fraction of sp³-hybridized carbons (Fsp3) is 0.867. The Balaban J connectivity index is 1.92. The van der Waals surface area contributed by atoms with Crippen molar-refractivity contribution >= 4 is 12.0 Å². The van der Waals surface area contributed by atoms with Crippen LogP contribution in [0.2, 0.25) is 0 Å². The molecule has 5 unspecified atom stereocenters. The zero-order valence-corrected chi connectivity index (χ0v) is 12.6. The van der Waals surface area contributed by atoms with Crippen molar-refractivity contribution in [3.8, 4) is 0 Å². The lowest BCUT2D eigenvalue weighted by molar-refractivity contribution is -0.142. The molecule has 20 heavy (non-hydrogen) atoms.